The number of amides is 4. The van der Waals surface area contributed by atoms with Crippen molar-refractivity contribution in [2.45, 2.75) is 173 Å². The first kappa shape index (κ1) is 62.0. The molecule has 3 aromatic rings. The maximum atomic E-state index is 14.4. The molecule has 4 heterocycles. The summed E-state index contributed by atoms with van der Waals surface area (Å²) in [5.74, 6) is -3.82. The lowest BCUT2D eigenvalue weighted by atomic mass is 9.83. The van der Waals surface area contributed by atoms with Crippen molar-refractivity contribution in [2.24, 2.45) is 5.92 Å². The van der Waals surface area contributed by atoms with Crippen molar-refractivity contribution in [3.63, 3.8) is 0 Å². The van der Waals surface area contributed by atoms with Crippen molar-refractivity contribution in [2.75, 3.05) is 40.2 Å². The number of epoxide rings is 1. The number of methoxy groups -OCH3 is 1. The van der Waals surface area contributed by atoms with Gasteiger partial charge in [-0.1, -0.05) is 79.4 Å². The fourth-order valence-electron chi connectivity index (χ4n) is 10.6. The summed E-state index contributed by atoms with van der Waals surface area (Å²) in [5.41, 5.74) is 4.96. The zero-order chi connectivity index (χ0) is 57.9. The molecule has 3 aliphatic heterocycles. The molecule has 79 heavy (non-hydrogen) atoms. The van der Waals surface area contributed by atoms with Gasteiger partial charge in [0.15, 0.2) is 11.5 Å². The number of hydrazine groups is 1. The average Bonchev–Trinajstić information content (AvgIpc) is 3.94. The highest BCUT2D eigenvalue weighted by Crippen LogP contribution is 2.49. The number of alkyl carbamates (subject to hydrolysis) is 1. The van der Waals surface area contributed by atoms with E-state index in [1.165, 1.54) is 30.9 Å². The predicted molar refractivity (Wildman–Crippen MR) is 298 cm³/mol. The Hall–Kier alpha value is -6.16. The number of fused-ring (bicyclic) bond motifs is 6. The molecule has 0 aliphatic carbocycles. The summed E-state index contributed by atoms with van der Waals surface area (Å²) in [4.78, 5) is 96.1. The lowest BCUT2D eigenvalue weighted by molar-refractivity contribution is -0.162. The van der Waals surface area contributed by atoms with E-state index in [9.17, 15) is 43.8 Å². The smallest absolute Gasteiger partial charge is 0.409 e. The highest BCUT2D eigenvalue weighted by Gasteiger charge is 2.64. The first-order chi connectivity index (χ1) is 37.4. The van der Waals surface area contributed by atoms with Crippen LogP contribution in [0.3, 0.4) is 0 Å². The summed E-state index contributed by atoms with van der Waals surface area (Å²) in [6.45, 7) is 9.76. The summed E-state index contributed by atoms with van der Waals surface area (Å²) < 4.78 is 26.0. The maximum absolute atomic E-state index is 14.4. The fraction of sp³-hybridized carbons (Fsp3) is 0.569. The Labute approximate surface area is 468 Å². The van der Waals surface area contributed by atoms with Crippen LogP contribution in [0.25, 0.3) is 10.9 Å². The third-order valence-corrected chi connectivity index (χ3v) is 16.2. The Bertz CT molecular complexity index is 2780. The number of halogens is 1. The molecule has 20 nitrogen and oxygen atoms in total. The van der Waals surface area contributed by atoms with Crippen LogP contribution in [0.15, 0.2) is 66.3 Å². The molecule has 0 spiro atoms. The lowest BCUT2D eigenvalue weighted by Crippen LogP contribution is -2.63. The number of allylic oxidation sites excluding steroid dienone is 3. The van der Waals surface area contributed by atoms with Gasteiger partial charge in [-0.25, -0.2) is 14.6 Å². The number of rotatable bonds is 22. The number of carboxylic acids is 1. The predicted octanol–water partition coefficient (Wildman–Crippen LogP) is 6.68. The number of aliphatic carboxylic acids is 1. The summed E-state index contributed by atoms with van der Waals surface area (Å²) in [7, 11) is 8.26. The highest BCUT2D eigenvalue weighted by molar-refractivity contribution is 6.34. The largest absolute Gasteiger partial charge is 0.481 e. The number of carboxylic acid groups (broad SMARTS) is 1. The van der Waals surface area contributed by atoms with Crippen LogP contribution < -0.4 is 21.0 Å². The van der Waals surface area contributed by atoms with Crippen molar-refractivity contribution in [3.8, 4) is 0 Å². The molecule has 1 aromatic heterocycles. The van der Waals surface area contributed by atoms with Gasteiger partial charge in [0, 0.05) is 84.0 Å². The minimum Gasteiger partial charge on any atom is -0.481 e. The first-order valence-electron chi connectivity index (χ1n) is 27.2. The van der Waals surface area contributed by atoms with Gasteiger partial charge in [-0.2, -0.15) is 0 Å². The molecule has 0 radical (unpaired) electrons. The van der Waals surface area contributed by atoms with Crippen LogP contribution in [-0.4, -0.2) is 149 Å². The van der Waals surface area contributed by atoms with Gasteiger partial charge in [0.05, 0.1) is 35.8 Å². The summed E-state index contributed by atoms with van der Waals surface area (Å²) in [6, 6.07) is 11.7. The number of ketones is 1. The number of aromatic nitrogens is 1. The number of aliphatic hydroxyl groups is 1. The Morgan fingerprint density at radius 1 is 1.01 bits per heavy atom. The number of esters is 1. The number of nitrogens with one attached hydrogen (secondary N) is 3. The number of carbonyl (C=O) groups is 7. The fourth-order valence-corrected chi connectivity index (χ4v) is 10.8. The van der Waals surface area contributed by atoms with E-state index in [2.05, 4.69) is 26.7 Å². The minimum atomic E-state index is -1.86. The van der Waals surface area contributed by atoms with Crippen molar-refractivity contribution in [1.82, 2.24) is 30.5 Å². The van der Waals surface area contributed by atoms with Crippen LogP contribution >= 0.6 is 11.6 Å². The number of likely N-dealkylation sites (N-methyl/N-ethyl adjacent to an activating group) is 1. The molecule has 1 unspecified atom stereocenters. The summed E-state index contributed by atoms with van der Waals surface area (Å²) in [5, 5.41) is 29.9. The van der Waals surface area contributed by atoms with Gasteiger partial charge in [0.2, 0.25) is 17.7 Å². The molecule has 432 valence electrons. The van der Waals surface area contributed by atoms with Crippen LogP contribution in [0.4, 0.5) is 10.5 Å². The number of para-hydroxylation sites is 1. The molecule has 4 bridgehead atoms. The van der Waals surface area contributed by atoms with Gasteiger partial charge in [-0.15, -0.1) is 0 Å². The normalized spacial score (nSPS) is 25.3. The second-order valence-electron chi connectivity index (χ2n) is 21.6. The van der Waals surface area contributed by atoms with E-state index in [4.69, 9.17) is 30.5 Å². The number of ether oxygens (including phenoxy) is 4. The molecule has 21 heteroatoms. The molecule has 9 atom stereocenters. The molecule has 6 rings (SSSR count). The van der Waals surface area contributed by atoms with Crippen molar-refractivity contribution in [1.29, 1.82) is 0 Å². The number of hydrogen-bond donors (Lipinski definition) is 5. The van der Waals surface area contributed by atoms with Crippen molar-refractivity contribution in [3.05, 3.63) is 88.1 Å². The molecule has 0 saturated carbocycles. The monoisotopic (exact) mass is 1120 g/mol. The van der Waals surface area contributed by atoms with E-state index < -0.39 is 77.7 Å². The number of anilines is 1. The van der Waals surface area contributed by atoms with E-state index in [-0.39, 0.29) is 62.5 Å². The third-order valence-electron chi connectivity index (χ3n) is 15.7. The Morgan fingerprint density at radius 3 is 2.42 bits per heavy atom. The number of unbranched alkanes of at least 4 members (excludes halogenated alkanes) is 3. The van der Waals surface area contributed by atoms with Gasteiger partial charge in [-0.3, -0.25) is 34.7 Å². The zero-order valence-electron chi connectivity index (χ0n) is 47.3. The maximum Gasteiger partial charge on any atom is 0.409 e. The molecule has 2 saturated heterocycles. The second-order valence-corrected chi connectivity index (χ2v) is 22.0. The lowest BCUT2D eigenvalue weighted by Gasteiger charge is -2.42. The van der Waals surface area contributed by atoms with Crippen molar-refractivity contribution >= 4 is 69.7 Å². The zero-order valence-corrected chi connectivity index (χ0v) is 48.0. The molecular formula is C58H80ClN7O13. The van der Waals surface area contributed by atoms with Gasteiger partial charge in [-0.05, 0) is 95.1 Å². The van der Waals surface area contributed by atoms with E-state index in [1.54, 1.807) is 33.0 Å². The Morgan fingerprint density at radius 2 is 1.72 bits per heavy atom. The van der Waals surface area contributed by atoms with Gasteiger partial charge >= 0.3 is 18.0 Å². The van der Waals surface area contributed by atoms with Crippen LogP contribution in [-0.2, 0) is 67.2 Å². The third kappa shape index (κ3) is 15.8. The van der Waals surface area contributed by atoms with Crippen LogP contribution in [0.1, 0.15) is 115 Å². The van der Waals surface area contributed by atoms with Crippen LogP contribution in [0.5, 0.6) is 0 Å². The quantitative estimate of drug-likeness (QED) is 0.0304. The summed E-state index contributed by atoms with van der Waals surface area (Å²) >= 11 is 6.84. The average molecular weight is 1120 g/mol. The number of benzene rings is 2. The summed E-state index contributed by atoms with van der Waals surface area (Å²) in [6.07, 6.45) is 2.75. The van der Waals surface area contributed by atoms with E-state index in [1.807, 2.05) is 75.4 Å². The minimum absolute atomic E-state index is 0.0401. The van der Waals surface area contributed by atoms with E-state index in [0.29, 0.717) is 55.9 Å². The van der Waals surface area contributed by atoms with Gasteiger partial charge in [0.1, 0.15) is 30.0 Å². The molecule has 2 aromatic carbocycles. The van der Waals surface area contributed by atoms with Gasteiger partial charge in [0.25, 0.3) is 0 Å². The topological polar surface area (TPSA) is 251 Å². The molecular weight excluding hydrogens is 1040 g/mol. The van der Waals surface area contributed by atoms with Crippen molar-refractivity contribution < 1.29 is 62.7 Å². The Balaban J connectivity index is 1.06. The SMILES string of the molecule is CNN(C)Cc1cc2ccccc2n1CCC(=O)N[C@@H](CCC(=O)O)C(=O)CCCCCCC(=O)N(C)[C@@H](C)C(=O)O[C@H]1CC(=O)N(C)c2cc(cc(C)c2Cl)C/C(C)=C/C=C/[C@@H](OC)[C@]2(O)C[C@H](OC(=O)N2)[C@@H](C)C2O[C@]21C. The van der Waals surface area contributed by atoms with E-state index in [0.717, 1.165) is 33.3 Å². The first-order valence-corrected chi connectivity index (χ1v) is 27.5. The number of Topliss-reactive ketones (excluding diaryl/α,β-unsaturated/α-hetero) is 1. The van der Waals surface area contributed by atoms with Crippen LogP contribution in [0, 0.1) is 12.8 Å². The molecule has 2 fully saturated rings. The number of hydrogen-bond acceptors (Lipinski definition) is 14. The number of carbonyl (C=O) groups excluding carboxylic acids is 6. The number of aryl methyl sites for hydroxylation is 2. The molecule has 5 N–H and O–H groups in total. The van der Waals surface area contributed by atoms with Crippen LogP contribution in [0.2, 0.25) is 5.02 Å². The molecule has 3 aliphatic rings. The number of nitrogens with zero attached hydrogens (tertiary/aromatic N) is 4. The standard InChI is InChI=1S/C58H80ClN7O13/c1-35-18-17-22-47(76-10)58(75)33-46(77-56(74)62-58)37(3)54-57(5,79-54)48(32-51(70)65(9)44-30-39(28-35)29-36(2)53(44)59)78-55(73)38(4)64(8)50(69)23-14-12-11-13-21-45(67)42(24-25-52(71)72)61-49(68)26-27-66-41(34-63(7)60-6)31-40-19-15-16-20-43(40)66/h15-20,22,29-31,37-38,42,46-48,54,60,75H,11-14,21,23-28,32-34H2,1-10H3,(H,61,68)(H,62,74)(H,71,72)/b22-17+,35-18+/t37-,38+,42+,46+,47-,48+,54?,57+,58-/m1/s1. The molecule has 4 amide bonds. The van der Waals surface area contributed by atoms with E-state index >= 15 is 0 Å². The van der Waals surface area contributed by atoms with Gasteiger partial charge < -0.3 is 48.8 Å². The second kappa shape index (κ2) is 27.3. The highest BCUT2D eigenvalue weighted by atomic mass is 35.5. The Kier molecular flexibility index (Phi) is 21.5.